The zero-order valence-electron chi connectivity index (χ0n) is 14.9. The molecule has 1 unspecified atom stereocenters. The molecule has 2 aromatic rings. The van der Waals surface area contributed by atoms with Gasteiger partial charge in [-0.15, -0.1) is 0 Å². The molecule has 0 heterocycles. The topological polar surface area (TPSA) is 93.0 Å². The molecule has 0 aromatic heterocycles. The Balaban J connectivity index is 2.27. The number of benzene rings is 2. The van der Waals surface area contributed by atoms with E-state index in [0.29, 0.717) is 4.90 Å². The molecule has 0 bridgehead atoms. The number of methoxy groups -OCH3 is 1. The summed E-state index contributed by atoms with van der Waals surface area (Å²) in [6.07, 6.45) is 1.37. The largest absolute Gasteiger partial charge is 0.465 e. The van der Waals surface area contributed by atoms with E-state index in [1.54, 1.807) is 30.3 Å². The van der Waals surface area contributed by atoms with Gasteiger partial charge in [0.05, 0.1) is 35.4 Å². The van der Waals surface area contributed by atoms with Crippen molar-refractivity contribution in [1.82, 2.24) is 0 Å². The molecule has 0 aliphatic rings. The van der Waals surface area contributed by atoms with Gasteiger partial charge in [-0.25, -0.2) is 9.00 Å². The van der Waals surface area contributed by atoms with Gasteiger partial charge in [0.2, 0.25) is 0 Å². The molecule has 0 spiro atoms. The van der Waals surface area contributed by atoms with Gasteiger partial charge in [0.25, 0.3) is 5.91 Å². The molecule has 2 rings (SSSR count). The summed E-state index contributed by atoms with van der Waals surface area (Å²) in [5, 5.41) is 9.19. The molecule has 2 aromatic carbocycles. The van der Waals surface area contributed by atoms with Gasteiger partial charge in [-0.05, 0) is 41.8 Å². The fourth-order valence-corrected chi connectivity index (χ4v) is 3.71. The summed E-state index contributed by atoms with van der Waals surface area (Å²) in [5.74, 6) is -1.06. The van der Waals surface area contributed by atoms with Crippen LogP contribution >= 0.6 is 0 Å². The number of hydrogen-bond acceptors (Lipinski definition) is 5. The van der Waals surface area contributed by atoms with E-state index >= 15 is 0 Å². The van der Waals surface area contributed by atoms with Gasteiger partial charge in [-0.2, -0.15) is 4.36 Å². The fraction of sp³-hybridized carbons (Fsp3) is 0.263. The molecule has 138 valence electrons. The van der Waals surface area contributed by atoms with Gasteiger partial charge in [-0.1, -0.05) is 24.3 Å². The number of esters is 1. The summed E-state index contributed by atoms with van der Waals surface area (Å²) in [7, 11) is -1.73. The standard InChI is InChI=1S/C19H21NO5S/c1-13-9-14(7-8-16(13)12-21)10-18(22)20-26(3,24)17-6-4-5-15(11-17)19(23)25-2/h4-9,11,21H,10,12H2,1-3H3. The number of ether oxygens (including phenoxy) is 1. The van der Waals surface area contributed by atoms with Crippen molar-refractivity contribution in [2.24, 2.45) is 4.36 Å². The summed E-state index contributed by atoms with van der Waals surface area (Å²) in [5.41, 5.74) is 2.64. The Labute approximate surface area is 153 Å². The summed E-state index contributed by atoms with van der Waals surface area (Å²) in [4.78, 5) is 24.2. The van der Waals surface area contributed by atoms with E-state index in [-0.39, 0.29) is 18.6 Å². The monoisotopic (exact) mass is 375 g/mol. The van der Waals surface area contributed by atoms with Crippen LogP contribution in [0.1, 0.15) is 27.0 Å². The summed E-state index contributed by atoms with van der Waals surface area (Å²) < 4.78 is 21.4. The molecule has 0 aliphatic carbocycles. The van der Waals surface area contributed by atoms with Crippen molar-refractivity contribution in [2.45, 2.75) is 24.8 Å². The first-order valence-electron chi connectivity index (χ1n) is 7.89. The van der Waals surface area contributed by atoms with E-state index in [1.165, 1.54) is 25.5 Å². The number of amides is 1. The van der Waals surface area contributed by atoms with Crippen molar-refractivity contribution in [3.63, 3.8) is 0 Å². The molecule has 0 fully saturated rings. The van der Waals surface area contributed by atoms with Gasteiger partial charge < -0.3 is 9.84 Å². The molecule has 0 radical (unpaired) electrons. The number of hydrogen-bond donors (Lipinski definition) is 1. The minimum absolute atomic E-state index is 0.00801. The van der Waals surface area contributed by atoms with E-state index in [4.69, 9.17) is 0 Å². The van der Waals surface area contributed by atoms with E-state index in [9.17, 15) is 18.9 Å². The van der Waals surface area contributed by atoms with Gasteiger partial charge in [0.15, 0.2) is 0 Å². The van der Waals surface area contributed by atoms with Crippen molar-refractivity contribution >= 4 is 21.6 Å². The molecule has 1 amide bonds. The normalized spacial score (nSPS) is 12.9. The molecule has 1 N–H and O–H groups in total. The highest BCUT2D eigenvalue weighted by Crippen LogP contribution is 2.16. The van der Waals surface area contributed by atoms with Crippen LogP contribution in [0, 0.1) is 6.92 Å². The van der Waals surface area contributed by atoms with Crippen molar-refractivity contribution in [3.05, 3.63) is 64.7 Å². The van der Waals surface area contributed by atoms with Crippen LogP contribution in [-0.4, -0.2) is 34.6 Å². The minimum Gasteiger partial charge on any atom is -0.465 e. The fourth-order valence-electron chi connectivity index (χ4n) is 2.48. The second-order valence-electron chi connectivity index (χ2n) is 5.90. The van der Waals surface area contributed by atoms with E-state index < -0.39 is 21.6 Å². The van der Waals surface area contributed by atoms with Gasteiger partial charge >= 0.3 is 5.97 Å². The molecule has 6 nitrogen and oxygen atoms in total. The lowest BCUT2D eigenvalue weighted by Gasteiger charge is -2.07. The van der Waals surface area contributed by atoms with Crippen LogP contribution in [0.15, 0.2) is 51.7 Å². The van der Waals surface area contributed by atoms with Crippen LogP contribution in [-0.2, 0) is 32.3 Å². The second kappa shape index (κ2) is 8.25. The zero-order chi connectivity index (χ0) is 19.3. The van der Waals surface area contributed by atoms with Crippen molar-refractivity contribution in [3.8, 4) is 0 Å². The minimum atomic E-state index is -2.99. The molecular weight excluding hydrogens is 354 g/mol. The van der Waals surface area contributed by atoms with Gasteiger partial charge in [0, 0.05) is 11.2 Å². The van der Waals surface area contributed by atoms with Gasteiger partial charge in [-0.3, -0.25) is 4.79 Å². The molecule has 0 saturated carbocycles. The van der Waals surface area contributed by atoms with Crippen LogP contribution in [0.2, 0.25) is 0 Å². The molecular formula is C19H21NO5S. The number of carbonyl (C=O) groups excluding carboxylic acids is 2. The van der Waals surface area contributed by atoms with Crippen molar-refractivity contribution < 1.29 is 23.6 Å². The summed E-state index contributed by atoms with van der Waals surface area (Å²) in [6.45, 7) is 1.78. The Bertz CT molecular complexity index is 958. The molecule has 1 atom stereocenters. The number of nitrogens with zero attached hydrogens (tertiary/aromatic N) is 1. The molecule has 26 heavy (non-hydrogen) atoms. The maximum Gasteiger partial charge on any atom is 0.337 e. The van der Waals surface area contributed by atoms with Crippen LogP contribution in [0.3, 0.4) is 0 Å². The Morgan fingerprint density at radius 3 is 2.54 bits per heavy atom. The third-order valence-electron chi connectivity index (χ3n) is 3.90. The summed E-state index contributed by atoms with van der Waals surface area (Å²) >= 11 is 0. The third-order valence-corrected chi connectivity index (χ3v) is 5.58. The number of aliphatic hydroxyl groups is 1. The predicted octanol–water partition coefficient (Wildman–Crippen LogP) is 2.50. The average molecular weight is 375 g/mol. The van der Waals surface area contributed by atoms with Crippen LogP contribution in [0.25, 0.3) is 0 Å². The Hall–Kier alpha value is -2.51. The lowest BCUT2D eigenvalue weighted by Crippen LogP contribution is -2.08. The number of rotatable bonds is 5. The highest BCUT2D eigenvalue weighted by Gasteiger charge is 2.14. The lowest BCUT2D eigenvalue weighted by atomic mass is 10.0. The lowest BCUT2D eigenvalue weighted by molar-refractivity contribution is -0.117. The van der Waals surface area contributed by atoms with E-state index in [2.05, 4.69) is 9.10 Å². The maximum atomic E-state index is 12.8. The number of aliphatic hydroxyl groups excluding tert-OH is 1. The van der Waals surface area contributed by atoms with E-state index in [0.717, 1.165) is 16.7 Å². The number of aryl methyl sites for hydroxylation is 1. The van der Waals surface area contributed by atoms with E-state index in [1.807, 2.05) is 6.92 Å². The van der Waals surface area contributed by atoms with Gasteiger partial charge in [0.1, 0.15) is 0 Å². The van der Waals surface area contributed by atoms with Crippen LogP contribution < -0.4 is 0 Å². The maximum absolute atomic E-state index is 12.8. The third kappa shape index (κ3) is 4.77. The smallest absolute Gasteiger partial charge is 0.337 e. The SMILES string of the molecule is COC(=O)c1cccc(S(C)(=O)=NC(=O)Cc2ccc(CO)c(C)c2)c1. The highest BCUT2D eigenvalue weighted by molar-refractivity contribution is 7.93. The van der Waals surface area contributed by atoms with Crippen LogP contribution in [0.4, 0.5) is 0 Å². The first-order chi connectivity index (χ1) is 12.3. The zero-order valence-corrected chi connectivity index (χ0v) is 15.7. The Morgan fingerprint density at radius 2 is 1.92 bits per heavy atom. The first-order valence-corrected chi connectivity index (χ1v) is 9.82. The van der Waals surface area contributed by atoms with Crippen molar-refractivity contribution in [2.75, 3.05) is 13.4 Å². The molecule has 7 heteroatoms. The Morgan fingerprint density at radius 1 is 1.19 bits per heavy atom. The Kier molecular flexibility index (Phi) is 6.28. The quantitative estimate of drug-likeness (QED) is 0.811. The summed E-state index contributed by atoms with van der Waals surface area (Å²) in [6, 6.07) is 11.4. The molecule has 0 aliphatic heterocycles. The number of carbonyl (C=O) groups is 2. The van der Waals surface area contributed by atoms with Crippen molar-refractivity contribution in [1.29, 1.82) is 0 Å². The second-order valence-corrected chi connectivity index (χ2v) is 8.16. The van der Waals surface area contributed by atoms with Crippen LogP contribution in [0.5, 0.6) is 0 Å². The molecule has 0 saturated heterocycles. The predicted molar refractivity (Wildman–Crippen MR) is 98.4 cm³/mol. The first kappa shape index (κ1) is 19.8. The highest BCUT2D eigenvalue weighted by atomic mass is 32.2. The average Bonchev–Trinajstić information content (AvgIpc) is 2.60.